The molecule has 1 fully saturated rings. The molecule has 1 saturated heterocycles. The summed E-state index contributed by atoms with van der Waals surface area (Å²) in [6, 6.07) is 18.9. The van der Waals surface area contributed by atoms with E-state index < -0.39 is 17.6 Å². The van der Waals surface area contributed by atoms with Crippen molar-refractivity contribution in [3.63, 3.8) is 0 Å². The number of methoxy groups -OCH3 is 1. The van der Waals surface area contributed by atoms with Gasteiger partial charge in [-0.1, -0.05) is 44.2 Å². The van der Waals surface area contributed by atoms with Crippen LogP contribution in [0, 0.1) is 17.7 Å². The lowest BCUT2D eigenvalue weighted by atomic mass is 9.88. The second-order valence-corrected chi connectivity index (χ2v) is 10.6. The van der Waals surface area contributed by atoms with Crippen molar-refractivity contribution < 1.29 is 27.1 Å². The predicted molar refractivity (Wildman–Crippen MR) is 143 cm³/mol. The molecule has 4 rings (SSSR count). The van der Waals surface area contributed by atoms with Crippen LogP contribution in [0.15, 0.2) is 72.8 Å². The molecule has 2 atom stereocenters. The van der Waals surface area contributed by atoms with Gasteiger partial charge in [-0.2, -0.15) is 13.2 Å². The molecule has 3 aromatic carbocycles. The van der Waals surface area contributed by atoms with E-state index in [1.807, 2.05) is 43.0 Å². The Kier molecular flexibility index (Phi) is 8.95. The van der Waals surface area contributed by atoms with Crippen LogP contribution in [0.1, 0.15) is 46.8 Å². The van der Waals surface area contributed by atoms with Gasteiger partial charge in [0.15, 0.2) is 0 Å². The van der Waals surface area contributed by atoms with Gasteiger partial charge < -0.3 is 9.64 Å². The summed E-state index contributed by atoms with van der Waals surface area (Å²) in [5.74, 6) is 0.251. The molecule has 0 spiro atoms. The average Bonchev–Trinajstić information content (AvgIpc) is 3.29. The lowest BCUT2D eigenvalue weighted by molar-refractivity contribution is -0.138. The third kappa shape index (κ3) is 7.18. The minimum Gasteiger partial charge on any atom is -0.497 e. The number of carbonyl (C=O) groups excluding carboxylic acids is 1. The minimum absolute atomic E-state index is 0.0196. The molecule has 0 saturated carbocycles. The number of nitrogens with zero attached hydrogens (tertiary/aromatic N) is 2. The lowest BCUT2D eigenvalue weighted by Crippen LogP contribution is -2.39. The van der Waals surface area contributed by atoms with Crippen LogP contribution in [0.3, 0.4) is 0 Å². The van der Waals surface area contributed by atoms with Gasteiger partial charge in [-0.05, 0) is 65.4 Å². The first-order valence-electron chi connectivity index (χ1n) is 13.1. The molecule has 0 radical (unpaired) electrons. The van der Waals surface area contributed by atoms with Crippen molar-refractivity contribution in [2.75, 3.05) is 33.3 Å². The van der Waals surface area contributed by atoms with Crippen molar-refractivity contribution in [3.05, 3.63) is 101 Å². The highest BCUT2D eigenvalue weighted by Gasteiger charge is 2.38. The molecule has 1 heterocycles. The zero-order valence-corrected chi connectivity index (χ0v) is 22.4. The maximum absolute atomic E-state index is 13.7. The number of alkyl halides is 3. The third-order valence-corrected chi connectivity index (χ3v) is 7.17. The molecule has 0 aromatic heterocycles. The van der Waals surface area contributed by atoms with Crippen molar-refractivity contribution in [2.24, 2.45) is 11.8 Å². The molecule has 1 amide bonds. The molecular weight excluding hydrogens is 508 g/mol. The minimum atomic E-state index is -4.43. The number of likely N-dealkylation sites (tertiary alicyclic amines) is 1. The second kappa shape index (κ2) is 12.2. The van der Waals surface area contributed by atoms with Crippen molar-refractivity contribution in [3.8, 4) is 5.75 Å². The van der Waals surface area contributed by atoms with E-state index >= 15 is 0 Å². The Labute approximate surface area is 227 Å². The summed E-state index contributed by atoms with van der Waals surface area (Å²) in [6.07, 6.45) is -4.43. The van der Waals surface area contributed by atoms with E-state index in [0.29, 0.717) is 37.5 Å². The number of rotatable bonds is 9. The van der Waals surface area contributed by atoms with Gasteiger partial charge in [0.1, 0.15) is 11.6 Å². The first-order chi connectivity index (χ1) is 18.5. The fraction of sp³-hybridized carbons (Fsp3) is 0.387. The predicted octanol–water partition coefficient (Wildman–Crippen LogP) is 6.87. The SMILES string of the molecule is COc1cccc([C@@H]2CN(Cc3ccccc3C(F)(F)F)C[C@H]2CN(CC(C)C)C(=O)c2ccc(F)cc2)c1. The molecule has 0 bridgehead atoms. The van der Waals surface area contributed by atoms with E-state index in [1.54, 1.807) is 18.1 Å². The molecule has 1 aliphatic rings. The Hall–Kier alpha value is -3.39. The molecule has 4 nitrogen and oxygen atoms in total. The van der Waals surface area contributed by atoms with Gasteiger partial charge in [0.25, 0.3) is 5.91 Å². The van der Waals surface area contributed by atoms with Gasteiger partial charge in [-0.3, -0.25) is 9.69 Å². The largest absolute Gasteiger partial charge is 0.497 e. The highest BCUT2D eigenvalue weighted by molar-refractivity contribution is 5.94. The third-order valence-electron chi connectivity index (χ3n) is 7.17. The number of hydrogen-bond donors (Lipinski definition) is 0. The summed E-state index contributed by atoms with van der Waals surface area (Å²) in [5, 5.41) is 0. The van der Waals surface area contributed by atoms with Gasteiger partial charge in [-0.15, -0.1) is 0 Å². The number of ether oxygens (including phenoxy) is 1. The Morgan fingerprint density at radius 3 is 2.41 bits per heavy atom. The number of amides is 1. The van der Waals surface area contributed by atoms with Crippen molar-refractivity contribution in [1.29, 1.82) is 0 Å². The van der Waals surface area contributed by atoms with Gasteiger partial charge in [0, 0.05) is 44.2 Å². The Bertz CT molecular complexity index is 1260. The average molecular weight is 543 g/mol. The normalized spacial score (nSPS) is 17.9. The summed E-state index contributed by atoms with van der Waals surface area (Å²) in [6.45, 7) is 6.22. The molecule has 0 unspecified atom stereocenters. The topological polar surface area (TPSA) is 32.8 Å². The Balaban J connectivity index is 1.63. The number of hydrogen-bond acceptors (Lipinski definition) is 3. The van der Waals surface area contributed by atoms with Crippen LogP contribution in [0.2, 0.25) is 0 Å². The smallest absolute Gasteiger partial charge is 0.416 e. The number of benzene rings is 3. The first-order valence-corrected chi connectivity index (χ1v) is 13.1. The van der Waals surface area contributed by atoms with Crippen LogP contribution >= 0.6 is 0 Å². The van der Waals surface area contributed by atoms with E-state index in [1.165, 1.54) is 36.4 Å². The summed E-state index contributed by atoms with van der Waals surface area (Å²) < 4.78 is 60.0. The lowest BCUT2D eigenvalue weighted by Gasteiger charge is -2.30. The number of halogens is 4. The van der Waals surface area contributed by atoms with Crippen LogP contribution in [0.5, 0.6) is 5.75 Å². The van der Waals surface area contributed by atoms with Gasteiger partial charge in [-0.25, -0.2) is 4.39 Å². The molecule has 0 N–H and O–H groups in total. The molecule has 3 aromatic rings. The summed E-state index contributed by atoms with van der Waals surface area (Å²) >= 11 is 0. The Morgan fingerprint density at radius 1 is 1.03 bits per heavy atom. The van der Waals surface area contributed by atoms with Crippen LogP contribution in [-0.4, -0.2) is 49.0 Å². The molecule has 39 heavy (non-hydrogen) atoms. The highest BCUT2D eigenvalue weighted by Crippen LogP contribution is 2.38. The fourth-order valence-electron chi connectivity index (χ4n) is 5.44. The maximum atomic E-state index is 13.7. The van der Waals surface area contributed by atoms with Crippen LogP contribution in [0.4, 0.5) is 17.6 Å². The zero-order chi connectivity index (χ0) is 28.2. The number of carbonyl (C=O) groups is 1. The Morgan fingerprint density at radius 2 is 1.74 bits per heavy atom. The molecule has 0 aliphatic carbocycles. The van der Waals surface area contributed by atoms with E-state index in [9.17, 15) is 22.4 Å². The quantitative estimate of drug-likeness (QED) is 0.277. The van der Waals surface area contributed by atoms with E-state index in [2.05, 4.69) is 0 Å². The second-order valence-electron chi connectivity index (χ2n) is 10.6. The van der Waals surface area contributed by atoms with Gasteiger partial charge >= 0.3 is 6.18 Å². The van der Waals surface area contributed by atoms with Gasteiger partial charge in [0.2, 0.25) is 0 Å². The van der Waals surface area contributed by atoms with E-state index in [-0.39, 0.29) is 35.8 Å². The van der Waals surface area contributed by atoms with Crippen LogP contribution in [-0.2, 0) is 12.7 Å². The van der Waals surface area contributed by atoms with Crippen LogP contribution < -0.4 is 4.74 Å². The van der Waals surface area contributed by atoms with Crippen molar-refractivity contribution in [2.45, 2.75) is 32.5 Å². The van der Waals surface area contributed by atoms with Crippen molar-refractivity contribution in [1.82, 2.24) is 9.80 Å². The standard InChI is InChI=1S/C31H34F4N2O2/c1-21(2)16-37(30(38)22-11-13-26(32)14-12-22)19-25-18-36(17-24-7-4-5-10-29(24)31(33,34)35)20-28(25)23-8-6-9-27(15-23)39-3/h4-15,21,25,28H,16-20H2,1-3H3/t25-,28-/m0/s1. The monoisotopic (exact) mass is 542 g/mol. The van der Waals surface area contributed by atoms with E-state index in [4.69, 9.17) is 4.74 Å². The van der Waals surface area contributed by atoms with Gasteiger partial charge in [0.05, 0.1) is 12.7 Å². The zero-order valence-electron chi connectivity index (χ0n) is 22.4. The summed E-state index contributed by atoms with van der Waals surface area (Å²) in [4.78, 5) is 17.3. The van der Waals surface area contributed by atoms with Crippen molar-refractivity contribution >= 4 is 5.91 Å². The first kappa shape index (κ1) is 28.6. The highest BCUT2D eigenvalue weighted by atomic mass is 19.4. The molecular formula is C31H34F4N2O2. The molecule has 1 aliphatic heterocycles. The maximum Gasteiger partial charge on any atom is 0.416 e. The molecule has 208 valence electrons. The van der Waals surface area contributed by atoms with Crippen LogP contribution in [0.25, 0.3) is 0 Å². The summed E-state index contributed by atoms with van der Waals surface area (Å²) in [5.41, 5.74) is 1.03. The van der Waals surface area contributed by atoms with E-state index in [0.717, 1.165) is 11.6 Å². The summed E-state index contributed by atoms with van der Waals surface area (Å²) in [7, 11) is 1.59. The fourth-order valence-corrected chi connectivity index (χ4v) is 5.44. The molecule has 8 heteroatoms.